The molecule has 8 nitrogen and oxygen atoms in total. The first-order valence-corrected chi connectivity index (χ1v) is 8.92. The molecule has 0 saturated carbocycles. The Morgan fingerprint density at radius 3 is 2.67 bits per heavy atom. The molecule has 0 bridgehead atoms. The molecule has 1 amide bonds. The normalized spacial score (nSPS) is 12.7. The number of rotatable bonds is 5. The highest BCUT2D eigenvalue weighted by Gasteiger charge is 2.27. The van der Waals surface area contributed by atoms with Gasteiger partial charge in [0, 0.05) is 35.6 Å². The van der Waals surface area contributed by atoms with E-state index in [0.717, 1.165) is 16.5 Å². The van der Waals surface area contributed by atoms with Crippen molar-refractivity contribution < 1.29 is 22.7 Å². The number of anilines is 1. The molecular formula is C19H21F3N6O2. The van der Waals surface area contributed by atoms with Gasteiger partial charge in [0.1, 0.15) is 6.61 Å². The minimum atomic E-state index is -4.38. The fourth-order valence-corrected chi connectivity index (χ4v) is 3.10. The number of carbonyl (C=O) groups is 1. The van der Waals surface area contributed by atoms with Gasteiger partial charge in [0.2, 0.25) is 0 Å². The average Bonchev–Trinajstić information content (AvgIpc) is 2.96. The predicted octanol–water partition coefficient (Wildman–Crippen LogP) is 3.67. The van der Waals surface area contributed by atoms with Crippen LogP contribution < -0.4 is 16.9 Å². The Hall–Kier alpha value is -3.47. The zero-order valence-corrected chi connectivity index (χ0v) is 16.3. The van der Waals surface area contributed by atoms with E-state index < -0.39 is 25.3 Å². The molecule has 3 aromatic rings. The maximum Gasteiger partial charge on any atom is 0.411 e. The molecule has 11 heteroatoms. The van der Waals surface area contributed by atoms with Gasteiger partial charge in [-0.25, -0.2) is 10.6 Å². The van der Waals surface area contributed by atoms with E-state index in [1.54, 1.807) is 38.4 Å². The summed E-state index contributed by atoms with van der Waals surface area (Å²) >= 11 is 0. The predicted molar refractivity (Wildman–Crippen MR) is 108 cm³/mol. The van der Waals surface area contributed by atoms with E-state index in [1.807, 2.05) is 6.07 Å². The van der Waals surface area contributed by atoms with E-state index in [0.29, 0.717) is 28.1 Å². The van der Waals surface area contributed by atoms with Gasteiger partial charge in [-0.15, -0.1) is 0 Å². The first kappa shape index (κ1) is 21.2. The Kier molecular flexibility index (Phi) is 5.74. The third-order valence-corrected chi connectivity index (χ3v) is 4.30. The Balaban J connectivity index is 1.84. The topological polar surface area (TPSA) is 122 Å². The molecular weight excluding hydrogens is 401 g/mol. The minimum Gasteiger partial charge on any atom is -0.449 e. The first-order valence-electron chi connectivity index (χ1n) is 8.92. The smallest absolute Gasteiger partial charge is 0.411 e. The van der Waals surface area contributed by atoms with Crippen LogP contribution in [0.5, 0.6) is 0 Å². The van der Waals surface area contributed by atoms with Crippen molar-refractivity contribution in [2.45, 2.75) is 19.5 Å². The summed E-state index contributed by atoms with van der Waals surface area (Å²) < 4.78 is 41.0. The number of halogens is 3. The molecule has 3 rings (SSSR count). The van der Waals surface area contributed by atoms with Gasteiger partial charge in [-0.05, 0) is 31.2 Å². The first-order chi connectivity index (χ1) is 14.0. The molecule has 0 unspecified atom stereocenters. The van der Waals surface area contributed by atoms with Crippen LogP contribution in [-0.2, 0) is 4.74 Å². The van der Waals surface area contributed by atoms with Gasteiger partial charge >= 0.3 is 12.3 Å². The molecule has 1 aromatic carbocycles. The number of amides is 1. The fraction of sp³-hybridized carbons (Fsp3) is 0.263. The molecule has 0 aliphatic carbocycles. The third-order valence-electron chi connectivity index (χ3n) is 4.30. The molecule has 0 spiro atoms. The van der Waals surface area contributed by atoms with Gasteiger partial charge in [-0.1, -0.05) is 0 Å². The molecule has 0 aliphatic heterocycles. The maximum absolute atomic E-state index is 12.1. The number of benzene rings is 1. The SMILES string of the molecule is C/C(N)=C(\c1cnc2c(c1)[nH]c1cc(NC(=O)OCCC(F)(F)F)ccc12)N(C)N. The number of H-pyrrole nitrogens is 1. The summed E-state index contributed by atoms with van der Waals surface area (Å²) in [6.45, 7) is 0.989. The van der Waals surface area contributed by atoms with Gasteiger partial charge in [-0.2, -0.15) is 13.2 Å². The van der Waals surface area contributed by atoms with Crippen molar-refractivity contribution in [2.75, 3.05) is 19.0 Å². The van der Waals surface area contributed by atoms with Crippen LogP contribution in [0.25, 0.3) is 27.6 Å². The second-order valence-electron chi connectivity index (χ2n) is 6.77. The van der Waals surface area contributed by atoms with Gasteiger partial charge in [-0.3, -0.25) is 10.3 Å². The molecule has 30 heavy (non-hydrogen) atoms. The average molecular weight is 422 g/mol. The van der Waals surface area contributed by atoms with E-state index in [2.05, 4.69) is 20.0 Å². The van der Waals surface area contributed by atoms with E-state index in [1.165, 1.54) is 5.01 Å². The lowest BCUT2D eigenvalue weighted by Gasteiger charge is -2.18. The summed E-state index contributed by atoms with van der Waals surface area (Å²) in [5, 5.41) is 4.63. The third kappa shape index (κ3) is 4.74. The zero-order chi connectivity index (χ0) is 22.1. The van der Waals surface area contributed by atoms with Crippen LogP contribution in [-0.4, -0.2) is 40.9 Å². The van der Waals surface area contributed by atoms with Crippen LogP contribution in [0.2, 0.25) is 0 Å². The van der Waals surface area contributed by atoms with Crippen LogP contribution in [0.3, 0.4) is 0 Å². The number of nitrogens with one attached hydrogen (secondary N) is 2. The van der Waals surface area contributed by atoms with E-state index >= 15 is 0 Å². The molecule has 2 aromatic heterocycles. The molecule has 0 radical (unpaired) electrons. The number of aromatic nitrogens is 2. The summed E-state index contributed by atoms with van der Waals surface area (Å²) in [5.41, 5.74) is 10.3. The Morgan fingerprint density at radius 2 is 2.03 bits per heavy atom. The minimum absolute atomic E-state index is 0.367. The van der Waals surface area contributed by atoms with Crippen molar-refractivity contribution in [3.63, 3.8) is 0 Å². The Bertz CT molecular complexity index is 1120. The molecule has 160 valence electrons. The highest BCUT2D eigenvalue weighted by atomic mass is 19.4. The molecule has 0 atom stereocenters. The summed E-state index contributed by atoms with van der Waals surface area (Å²) in [4.78, 5) is 19.4. The molecule has 0 aliphatic rings. The fourth-order valence-electron chi connectivity index (χ4n) is 3.10. The van der Waals surface area contributed by atoms with Crippen LogP contribution in [0.1, 0.15) is 18.9 Å². The van der Waals surface area contributed by atoms with E-state index in [-0.39, 0.29) is 0 Å². The zero-order valence-electron chi connectivity index (χ0n) is 16.3. The number of hydrogen-bond donors (Lipinski definition) is 4. The Morgan fingerprint density at radius 1 is 1.30 bits per heavy atom. The lowest BCUT2D eigenvalue weighted by molar-refractivity contribution is -0.140. The quantitative estimate of drug-likeness (QED) is 0.368. The van der Waals surface area contributed by atoms with Crippen molar-refractivity contribution >= 4 is 39.4 Å². The summed E-state index contributed by atoms with van der Waals surface area (Å²) in [6.07, 6.45) is -4.89. The number of fused-ring (bicyclic) bond motifs is 3. The molecule has 2 heterocycles. The van der Waals surface area contributed by atoms with Crippen LogP contribution >= 0.6 is 0 Å². The molecule has 0 saturated heterocycles. The number of pyridine rings is 1. The molecule has 0 fully saturated rings. The highest BCUT2D eigenvalue weighted by molar-refractivity contribution is 6.06. The maximum atomic E-state index is 12.1. The number of hydrazine groups is 1. The number of nitrogens with two attached hydrogens (primary N) is 2. The highest BCUT2D eigenvalue weighted by Crippen LogP contribution is 2.29. The Labute approximate surface area is 169 Å². The number of aromatic amines is 1. The van der Waals surface area contributed by atoms with Crippen LogP contribution in [0, 0.1) is 0 Å². The second-order valence-corrected chi connectivity index (χ2v) is 6.77. The lowest BCUT2D eigenvalue weighted by Crippen LogP contribution is -2.26. The van der Waals surface area contributed by atoms with Crippen LogP contribution in [0.15, 0.2) is 36.2 Å². The van der Waals surface area contributed by atoms with Crippen molar-refractivity contribution in [1.29, 1.82) is 0 Å². The van der Waals surface area contributed by atoms with Crippen molar-refractivity contribution in [2.24, 2.45) is 11.6 Å². The van der Waals surface area contributed by atoms with Gasteiger partial charge < -0.3 is 20.5 Å². The number of allylic oxidation sites excluding steroid dienone is 1. The van der Waals surface area contributed by atoms with Gasteiger partial charge in [0.25, 0.3) is 0 Å². The van der Waals surface area contributed by atoms with Crippen molar-refractivity contribution in [1.82, 2.24) is 15.0 Å². The standard InChI is InChI=1S/C19H21F3N6O2/c1-10(23)17(28(2)24)11-7-15-16(25-9-11)13-4-3-12(8-14(13)27-15)26-18(29)30-6-5-19(20,21)22/h3-4,7-9,27H,5-6,23-24H2,1-2H3,(H,26,29)/b17-10-. The number of ether oxygens (including phenoxy) is 1. The van der Waals surface area contributed by atoms with E-state index in [4.69, 9.17) is 11.6 Å². The number of alkyl halides is 3. The monoisotopic (exact) mass is 422 g/mol. The lowest BCUT2D eigenvalue weighted by atomic mass is 10.1. The summed E-state index contributed by atoms with van der Waals surface area (Å²) in [6, 6.07) is 6.85. The largest absolute Gasteiger partial charge is 0.449 e. The van der Waals surface area contributed by atoms with Gasteiger partial charge in [0.05, 0.1) is 28.7 Å². The van der Waals surface area contributed by atoms with Crippen molar-refractivity contribution in [3.8, 4) is 0 Å². The second kappa shape index (κ2) is 8.11. The van der Waals surface area contributed by atoms with Gasteiger partial charge in [0.15, 0.2) is 0 Å². The summed E-state index contributed by atoms with van der Waals surface area (Å²) in [5.74, 6) is 5.86. The number of hydrogen-bond acceptors (Lipinski definition) is 6. The van der Waals surface area contributed by atoms with Crippen molar-refractivity contribution in [3.05, 3.63) is 41.7 Å². The van der Waals surface area contributed by atoms with E-state index in [9.17, 15) is 18.0 Å². The van der Waals surface area contributed by atoms with Crippen LogP contribution in [0.4, 0.5) is 23.7 Å². The summed E-state index contributed by atoms with van der Waals surface area (Å²) in [7, 11) is 1.67. The molecule has 6 N–H and O–H groups in total. The number of nitrogens with zero attached hydrogens (tertiary/aromatic N) is 2. The number of carbonyl (C=O) groups excluding carboxylic acids is 1.